The Balaban J connectivity index is 2.19. The van der Waals surface area contributed by atoms with Gasteiger partial charge in [0.25, 0.3) is 9.84 Å². The quantitative estimate of drug-likeness (QED) is 0.735. The highest BCUT2D eigenvalue weighted by atomic mass is 32.2. The zero-order valence-electron chi connectivity index (χ0n) is 13.2. The fraction of sp³-hybridized carbons (Fsp3) is 0.176. The number of hydrogen-bond acceptors (Lipinski definition) is 5. The lowest BCUT2D eigenvalue weighted by molar-refractivity contribution is -0.0436. The predicted molar refractivity (Wildman–Crippen MR) is 83.8 cm³/mol. The number of hydrogen-bond donors (Lipinski definition) is 0. The topological polar surface area (TPSA) is 84.2 Å². The first-order chi connectivity index (χ1) is 12.6. The van der Waals surface area contributed by atoms with E-state index in [9.17, 15) is 30.8 Å². The molecule has 0 saturated carbocycles. The summed E-state index contributed by atoms with van der Waals surface area (Å²) < 4.78 is 81.6. The van der Waals surface area contributed by atoms with Crippen LogP contribution >= 0.6 is 0 Å². The SMILES string of the molecule is N#Cc1ccccc1Oc1ccc(S(=O)(=O)C(F)(F)F)c2c1CC(F)C2=O. The number of Topliss-reactive ketones (excluding diaryl/α,β-unsaturated/α-hetero) is 1. The molecular weight excluding hydrogens is 390 g/mol. The van der Waals surface area contributed by atoms with Crippen LogP contribution in [0.3, 0.4) is 0 Å². The van der Waals surface area contributed by atoms with Crippen LogP contribution in [0.25, 0.3) is 0 Å². The first-order valence-electron chi connectivity index (χ1n) is 7.40. The lowest BCUT2D eigenvalue weighted by atomic mass is 10.1. The fourth-order valence-electron chi connectivity index (χ4n) is 2.72. The minimum atomic E-state index is -5.86. The molecule has 0 aliphatic heterocycles. The monoisotopic (exact) mass is 399 g/mol. The Morgan fingerprint density at radius 3 is 2.41 bits per heavy atom. The van der Waals surface area contributed by atoms with Crippen molar-refractivity contribution in [2.45, 2.75) is 23.0 Å². The third-order valence-corrected chi connectivity index (χ3v) is 5.50. The number of ether oxygens (including phenoxy) is 1. The Hall–Kier alpha value is -2.93. The molecule has 0 radical (unpaired) electrons. The summed E-state index contributed by atoms with van der Waals surface area (Å²) in [4.78, 5) is 10.7. The zero-order valence-corrected chi connectivity index (χ0v) is 14.1. The Morgan fingerprint density at radius 2 is 1.78 bits per heavy atom. The molecule has 5 nitrogen and oxygen atoms in total. The third kappa shape index (κ3) is 3.04. The van der Waals surface area contributed by atoms with Gasteiger partial charge in [0.2, 0.25) is 0 Å². The van der Waals surface area contributed by atoms with Gasteiger partial charge in [-0.1, -0.05) is 12.1 Å². The minimum Gasteiger partial charge on any atom is -0.456 e. The predicted octanol–water partition coefficient (Wildman–Crippen LogP) is 3.72. The Bertz CT molecular complexity index is 1090. The second kappa shape index (κ2) is 6.35. The summed E-state index contributed by atoms with van der Waals surface area (Å²) in [5.41, 5.74) is -6.71. The molecule has 27 heavy (non-hydrogen) atoms. The van der Waals surface area contributed by atoms with Gasteiger partial charge < -0.3 is 4.74 Å². The standard InChI is InChI=1S/C17H9F4NO4S/c18-11-7-10-13(26-12-4-2-1-3-9(12)8-22)5-6-14(15(10)16(11)23)27(24,25)17(19,20)21/h1-6,11H,7H2. The van der Waals surface area contributed by atoms with E-state index in [1.54, 1.807) is 6.07 Å². The number of benzene rings is 2. The number of rotatable bonds is 3. The first-order valence-corrected chi connectivity index (χ1v) is 8.88. The molecule has 10 heteroatoms. The highest BCUT2D eigenvalue weighted by Gasteiger charge is 2.50. The van der Waals surface area contributed by atoms with Crippen molar-refractivity contribution in [3.63, 3.8) is 0 Å². The van der Waals surface area contributed by atoms with Crippen LogP contribution in [0, 0.1) is 11.3 Å². The van der Waals surface area contributed by atoms with Crippen LogP contribution in [0.4, 0.5) is 17.6 Å². The maximum Gasteiger partial charge on any atom is 0.501 e. The largest absolute Gasteiger partial charge is 0.501 e. The second-order valence-electron chi connectivity index (χ2n) is 5.61. The molecule has 0 N–H and O–H groups in total. The molecule has 1 aliphatic rings. The maximum atomic E-state index is 13.9. The number of alkyl halides is 4. The Morgan fingerprint density at radius 1 is 1.11 bits per heavy atom. The van der Waals surface area contributed by atoms with Gasteiger partial charge in [-0.15, -0.1) is 0 Å². The van der Waals surface area contributed by atoms with Crippen LogP contribution in [0.15, 0.2) is 41.3 Å². The van der Waals surface area contributed by atoms with E-state index in [0.717, 1.165) is 6.07 Å². The number of carbonyl (C=O) groups is 1. The fourth-order valence-corrected chi connectivity index (χ4v) is 3.71. The second-order valence-corrected chi connectivity index (χ2v) is 7.52. The molecule has 0 heterocycles. The molecule has 0 fully saturated rings. The van der Waals surface area contributed by atoms with E-state index < -0.39 is 44.2 Å². The van der Waals surface area contributed by atoms with Gasteiger partial charge in [-0.05, 0) is 24.3 Å². The van der Waals surface area contributed by atoms with Crippen molar-refractivity contribution >= 4 is 15.6 Å². The molecule has 1 atom stereocenters. The molecular formula is C17H9F4NO4S. The van der Waals surface area contributed by atoms with Gasteiger partial charge in [-0.3, -0.25) is 4.79 Å². The van der Waals surface area contributed by atoms with E-state index in [1.807, 2.05) is 6.07 Å². The Kier molecular flexibility index (Phi) is 4.43. The number of para-hydroxylation sites is 1. The van der Waals surface area contributed by atoms with E-state index in [4.69, 9.17) is 10.00 Å². The number of nitriles is 1. The maximum absolute atomic E-state index is 13.9. The van der Waals surface area contributed by atoms with E-state index in [0.29, 0.717) is 6.07 Å². The number of ketones is 1. The number of carbonyl (C=O) groups excluding carboxylic acids is 1. The molecule has 0 saturated heterocycles. The average molecular weight is 399 g/mol. The molecule has 1 unspecified atom stereocenters. The van der Waals surface area contributed by atoms with Crippen molar-refractivity contribution in [3.8, 4) is 17.6 Å². The summed E-state index contributed by atoms with van der Waals surface area (Å²) >= 11 is 0. The normalized spacial score (nSPS) is 16.7. The smallest absolute Gasteiger partial charge is 0.456 e. The van der Waals surface area contributed by atoms with Crippen LogP contribution in [0.2, 0.25) is 0 Å². The van der Waals surface area contributed by atoms with Crippen LogP contribution in [-0.4, -0.2) is 25.9 Å². The van der Waals surface area contributed by atoms with Gasteiger partial charge in [0, 0.05) is 17.5 Å². The molecule has 0 spiro atoms. The van der Waals surface area contributed by atoms with Gasteiger partial charge in [0.15, 0.2) is 12.0 Å². The van der Waals surface area contributed by atoms with E-state index in [2.05, 4.69) is 0 Å². The number of halogens is 4. The van der Waals surface area contributed by atoms with Crippen molar-refractivity contribution in [2.24, 2.45) is 0 Å². The van der Waals surface area contributed by atoms with Gasteiger partial charge in [0.1, 0.15) is 17.6 Å². The molecule has 0 aromatic heterocycles. The summed E-state index contributed by atoms with van der Waals surface area (Å²) in [6.45, 7) is 0. The van der Waals surface area contributed by atoms with Gasteiger partial charge >= 0.3 is 5.51 Å². The van der Waals surface area contributed by atoms with Crippen LogP contribution < -0.4 is 4.74 Å². The average Bonchev–Trinajstić information content (AvgIpc) is 2.90. The molecule has 2 aromatic rings. The van der Waals surface area contributed by atoms with E-state index in [-0.39, 0.29) is 22.6 Å². The van der Waals surface area contributed by atoms with Crippen molar-refractivity contribution in [1.29, 1.82) is 5.26 Å². The van der Waals surface area contributed by atoms with Gasteiger partial charge in [-0.2, -0.15) is 18.4 Å². The van der Waals surface area contributed by atoms with Crippen LogP contribution in [-0.2, 0) is 16.3 Å². The number of sulfone groups is 1. The van der Waals surface area contributed by atoms with E-state index in [1.165, 1.54) is 18.2 Å². The summed E-state index contributed by atoms with van der Waals surface area (Å²) in [6.07, 6.45) is -2.81. The summed E-state index contributed by atoms with van der Waals surface area (Å²) in [5, 5.41) is 9.07. The summed E-state index contributed by atoms with van der Waals surface area (Å²) in [6, 6.07) is 9.21. The molecule has 3 rings (SSSR count). The highest BCUT2D eigenvalue weighted by molar-refractivity contribution is 7.92. The van der Waals surface area contributed by atoms with Crippen molar-refractivity contribution in [2.75, 3.05) is 0 Å². The van der Waals surface area contributed by atoms with Crippen molar-refractivity contribution < 1.29 is 35.5 Å². The first kappa shape index (κ1) is 18.8. The third-order valence-electron chi connectivity index (χ3n) is 3.97. The molecule has 140 valence electrons. The minimum absolute atomic E-state index is 0.0309. The molecule has 0 amide bonds. The number of nitrogens with zero attached hydrogens (tertiary/aromatic N) is 1. The molecule has 1 aliphatic carbocycles. The summed E-state index contributed by atoms with van der Waals surface area (Å²) in [5.74, 6) is -1.52. The van der Waals surface area contributed by atoms with Crippen LogP contribution in [0.1, 0.15) is 21.5 Å². The number of fused-ring (bicyclic) bond motifs is 1. The highest BCUT2D eigenvalue weighted by Crippen LogP contribution is 2.42. The lowest BCUT2D eigenvalue weighted by Crippen LogP contribution is -2.25. The van der Waals surface area contributed by atoms with E-state index >= 15 is 0 Å². The van der Waals surface area contributed by atoms with Crippen molar-refractivity contribution in [3.05, 3.63) is 53.1 Å². The zero-order chi connectivity index (χ0) is 20.0. The summed E-state index contributed by atoms with van der Waals surface area (Å²) in [7, 11) is -5.86. The molecule has 2 aromatic carbocycles. The lowest BCUT2D eigenvalue weighted by Gasteiger charge is -2.15. The molecule has 0 bridgehead atoms. The van der Waals surface area contributed by atoms with Crippen molar-refractivity contribution in [1.82, 2.24) is 0 Å². The van der Waals surface area contributed by atoms with Gasteiger partial charge in [0.05, 0.1) is 10.5 Å². The Labute approximate surface area is 150 Å². The van der Waals surface area contributed by atoms with Crippen LogP contribution in [0.5, 0.6) is 11.5 Å². The van der Waals surface area contributed by atoms with Gasteiger partial charge in [-0.25, -0.2) is 12.8 Å².